The van der Waals surface area contributed by atoms with Gasteiger partial charge in [0.1, 0.15) is 0 Å². The number of aliphatic hydroxyl groups is 1. The van der Waals surface area contributed by atoms with Crippen molar-refractivity contribution >= 4 is 53.4 Å². The van der Waals surface area contributed by atoms with E-state index in [1.165, 1.54) is 0 Å². The lowest BCUT2D eigenvalue weighted by molar-refractivity contribution is 0.350. The maximum Gasteiger partial charge on any atom is 0.0682 e. The smallest absolute Gasteiger partial charge is 0.0682 e. The highest BCUT2D eigenvalue weighted by atomic mass is 79.9. The highest BCUT2D eigenvalue weighted by Gasteiger charge is 1.97. The molecular formula is C13H11Br3N2O. The SMILES string of the molecule is Brc1cncc(Br)c1.C=C(CO)c1cncc(Br)c1. The minimum atomic E-state index is -0.0296. The van der Waals surface area contributed by atoms with Crippen LogP contribution in [-0.4, -0.2) is 21.7 Å². The van der Waals surface area contributed by atoms with E-state index in [1.54, 1.807) is 24.8 Å². The van der Waals surface area contributed by atoms with Crippen LogP contribution < -0.4 is 0 Å². The molecule has 3 nitrogen and oxygen atoms in total. The maximum absolute atomic E-state index is 8.74. The van der Waals surface area contributed by atoms with Crippen molar-refractivity contribution in [1.29, 1.82) is 0 Å². The molecule has 0 aliphatic carbocycles. The number of hydrogen-bond donors (Lipinski definition) is 1. The van der Waals surface area contributed by atoms with Crippen LogP contribution in [0.3, 0.4) is 0 Å². The average molecular weight is 451 g/mol. The normalized spacial score (nSPS) is 9.47. The molecule has 0 saturated heterocycles. The van der Waals surface area contributed by atoms with Crippen molar-refractivity contribution in [2.75, 3.05) is 6.61 Å². The molecule has 0 aromatic carbocycles. The first kappa shape index (κ1) is 16.5. The van der Waals surface area contributed by atoms with Crippen LogP contribution in [0.25, 0.3) is 5.57 Å². The lowest BCUT2D eigenvalue weighted by atomic mass is 10.1. The molecule has 0 radical (unpaired) electrons. The fraction of sp³-hybridized carbons (Fsp3) is 0.0769. The molecule has 0 saturated carbocycles. The van der Waals surface area contributed by atoms with Gasteiger partial charge in [0.15, 0.2) is 0 Å². The van der Waals surface area contributed by atoms with E-state index in [0.717, 1.165) is 19.0 Å². The van der Waals surface area contributed by atoms with E-state index < -0.39 is 0 Å². The summed E-state index contributed by atoms with van der Waals surface area (Å²) in [5.41, 5.74) is 1.54. The lowest BCUT2D eigenvalue weighted by Crippen LogP contribution is -1.88. The Balaban J connectivity index is 0.000000200. The minimum Gasteiger partial charge on any atom is -0.392 e. The lowest BCUT2D eigenvalue weighted by Gasteiger charge is -2.00. The van der Waals surface area contributed by atoms with Gasteiger partial charge in [0.2, 0.25) is 0 Å². The van der Waals surface area contributed by atoms with E-state index in [-0.39, 0.29) is 6.61 Å². The summed E-state index contributed by atoms with van der Waals surface area (Å²) in [7, 11) is 0. The van der Waals surface area contributed by atoms with Crippen LogP contribution in [0.1, 0.15) is 5.56 Å². The van der Waals surface area contributed by atoms with E-state index in [9.17, 15) is 0 Å². The molecule has 0 atom stereocenters. The second-order valence-corrected chi connectivity index (χ2v) is 6.22. The summed E-state index contributed by atoms with van der Waals surface area (Å²) < 4.78 is 2.88. The molecule has 100 valence electrons. The monoisotopic (exact) mass is 448 g/mol. The molecule has 2 heterocycles. The van der Waals surface area contributed by atoms with Crippen molar-refractivity contribution in [3.05, 3.63) is 62.5 Å². The summed E-state index contributed by atoms with van der Waals surface area (Å²) in [5.74, 6) is 0. The number of rotatable bonds is 2. The first-order valence-electron chi connectivity index (χ1n) is 5.18. The van der Waals surface area contributed by atoms with Gasteiger partial charge in [-0.2, -0.15) is 0 Å². The first-order chi connectivity index (χ1) is 9.02. The largest absolute Gasteiger partial charge is 0.392 e. The Kier molecular flexibility index (Phi) is 7.45. The van der Waals surface area contributed by atoms with Gasteiger partial charge < -0.3 is 5.11 Å². The number of pyridine rings is 2. The molecule has 2 aromatic rings. The fourth-order valence-corrected chi connectivity index (χ4v) is 2.48. The van der Waals surface area contributed by atoms with E-state index in [1.807, 2.05) is 12.1 Å². The van der Waals surface area contributed by atoms with Gasteiger partial charge >= 0.3 is 0 Å². The molecule has 19 heavy (non-hydrogen) atoms. The molecule has 0 unspecified atom stereocenters. The van der Waals surface area contributed by atoms with Gasteiger partial charge in [0.25, 0.3) is 0 Å². The van der Waals surface area contributed by atoms with Crippen molar-refractivity contribution in [3.63, 3.8) is 0 Å². The predicted molar refractivity (Wildman–Crippen MR) is 87.7 cm³/mol. The Morgan fingerprint density at radius 2 is 1.42 bits per heavy atom. The zero-order valence-electron chi connectivity index (χ0n) is 9.85. The van der Waals surface area contributed by atoms with Gasteiger partial charge in [-0.3, -0.25) is 9.97 Å². The van der Waals surface area contributed by atoms with Gasteiger partial charge in [0, 0.05) is 38.2 Å². The molecule has 1 N–H and O–H groups in total. The van der Waals surface area contributed by atoms with Crippen molar-refractivity contribution in [2.24, 2.45) is 0 Å². The fourth-order valence-electron chi connectivity index (χ4n) is 1.08. The second-order valence-electron chi connectivity index (χ2n) is 3.47. The van der Waals surface area contributed by atoms with Gasteiger partial charge in [-0.15, -0.1) is 0 Å². The van der Waals surface area contributed by atoms with Crippen molar-refractivity contribution < 1.29 is 5.11 Å². The maximum atomic E-state index is 8.74. The molecule has 0 bridgehead atoms. The highest BCUT2D eigenvalue weighted by Crippen LogP contribution is 2.15. The molecule has 6 heteroatoms. The van der Waals surface area contributed by atoms with Crippen LogP contribution >= 0.6 is 47.8 Å². The third-order valence-electron chi connectivity index (χ3n) is 1.98. The van der Waals surface area contributed by atoms with Crippen molar-refractivity contribution in [3.8, 4) is 0 Å². The van der Waals surface area contributed by atoms with Gasteiger partial charge in [-0.25, -0.2) is 0 Å². The summed E-state index contributed by atoms with van der Waals surface area (Å²) in [6.45, 7) is 3.64. The zero-order valence-corrected chi connectivity index (χ0v) is 14.6. The van der Waals surface area contributed by atoms with Crippen LogP contribution in [0.2, 0.25) is 0 Å². The summed E-state index contributed by atoms with van der Waals surface area (Å²) in [5, 5.41) is 8.74. The summed E-state index contributed by atoms with van der Waals surface area (Å²) >= 11 is 9.81. The average Bonchev–Trinajstić information content (AvgIpc) is 2.38. The number of nitrogens with zero attached hydrogens (tertiary/aromatic N) is 2. The molecule has 0 fully saturated rings. The molecule has 0 aliphatic rings. The molecule has 0 aliphatic heterocycles. The van der Waals surface area contributed by atoms with E-state index in [2.05, 4.69) is 64.3 Å². The summed E-state index contributed by atoms with van der Waals surface area (Å²) in [4.78, 5) is 7.82. The second kappa shape index (κ2) is 8.58. The molecular weight excluding hydrogens is 440 g/mol. The van der Waals surface area contributed by atoms with E-state index in [4.69, 9.17) is 5.11 Å². The number of halogens is 3. The minimum absolute atomic E-state index is 0.0296. The van der Waals surface area contributed by atoms with Crippen LogP contribution in [0.4, 0.5) is 0 Å². The van der Waals surface area contributed by atoms with E-state index >= 15 is 0 Å². The van der Waals surface area contributed by atoms with Gasteiger partial charge in [-0.05, 0) is 71.1 Å². The number of aromatic nitrogens is 2. The molecule has 0 spiro atoms. The summed E-state index contributed by atoms with van der Waals surface area (Å²) in [6, 6.07) is 3.80. The Hall–Kier alpha value is -0.560. The van der Waals surface area contributed by atoms with Crippen LogP contribution in [0.15, 0.2) is 56.9 Å². The van der Waals surface area contributed by atoms with Crippen LogP contribution in [0.5, 0.6) is 0 Å². The Morgan fingerprint density at radius 1 is 0.947 bits per heavy atom. The van der Waals surface area contributed by atoms with Crippen LogP contribution in [0, 0.1) is 0 Å². The standard InChI is InChI=1S/C8H8BrNO.C5H3Br2N/c1-6(5-11)7-2-8(9)4-10-3-7;6-4-1-5(7)3-8-2-4/h2-4,11H,1,5H2;1-3H. The highest BCUT2D eigenvalue weighted by molar-refractivity contribution is 9.11. The predicted octanol–water partition coefficient (Wildman–Crippen LogP) is 4.46. The topological polar surface area (TPSA) is 46.0 Å². The zero-order chi connectivity index (χ0) is 14.3. The van der Waals surface area contributed by atoms with Gasteiger partial charge in [-0.1, -0.05) is 6.58 Å². The molecule has 2 aromatic heterocycles. The summed E-state index contributed by atoms with van der Waals surface area (Å²) in [6.07, 6.45) is 6.84. The quantitative estimate of drug-likeness (QED) is 0.735. The van der Waals surface area contributed by atoms with Crippen molar-refractivity contribution in [1.82, 2.24) is 9.97 Å². The number of hydrogen-bond acceptors (Lipinski definition) is 3. The Morgan fingerprint density at radius 3 is 1.79 bits per heavy atom. The Bertz CT molecular complexity index is 544. The Labute approximate surface area is 137 Å². The van der Waals surface area contributed by atoms with Crippen molar-refractivity contribution in [2.45, 2.75) is 0 Å². The third kappa shape index (κ3) is 6.42. The van der Waals surface area contributed by atoms with E-state index in [0.29, 0.717) is 5.57 Å². The van der Waals surface area contributed by atoms with Crippen LogP contribution in [-0.2, 0) is 0 Å². The third-order valence-corrected chi connectivity index (χ3v) is 3.28. The molecule has 2 rings (SSSR count). The number of aliphatic hydroxyl groups excluding tert-OH is 1. The van der Waals surface area contributed by atoms with Gasteiger partial charge in [0.05, 0.1) is 6.61 Å². The first-order valence-corrected chi connectivity index (χ1v) is 7.56. The molecule has 0 amide bonds.